The van der Waals surface area contributed by atoms with Crippen LogP contribution in [0.1, 0.15) is 20.8 Å². The average Bonchev–Trinajstić information content (AvgIpc) is 2.76. The summed E-state index contributed by atoms with van der Waals surface area (Å²) in [5, 5.41) is 0. The number of hydrogen-bond donors (Lipinski definition) is 0. The largest absolute Gasteiger partial charge is 0.472 e. The van der Waals surface area contributed by atoms with E-state index in [1.807, 2.05) is 6.92 Å². The van der Waals surface area contributed by atoms with Crippen molar-refractivity contribution >= 4 is 28.7 Å². The van der Waals surface area contributed by atoms with Crippen molar-refractivity contribution in [1.82, 2.24) is 0 Å². The summed E-state index contributed by atoms with van der Waals surface area (Å²) in [6.07, 6.45) is 2.92. The summed E-state index contributed by atoms with van der Waals surface area (Å²) in [7, 11) is 0. The third kappa shape index (κ3) is 1.61. The van der Waals surface area contributed by atoms with Crippen molar-refractivity contribution in [1.29, 1.82) is 0 Å². The second-order valence-corrected chi connectivity index (χ2v) is 4.56. The third-order valence-electron chi connectivity index (χ3n) is 1.86. The highest BCUT2D eigenvalue weighted by atomic mass is 35.5. The van der Waals surface area contributed by atoms with E-state index in [0.717, 1.165) is 5.56 Å². The summed E-state index contributed by atoms with van der Waals surface area (Å²) in [4.78, 5) is 12.4. The standard InChI is InChI=1S/C10H7ClO2S/c1-6-4-8(14-10(6)11)9(12)7-2-3-13-5-7/h2-5H,1H3. The fourth-order valence-electron chi connectivity index (χ4n) is 1.11. The molecule has 0 radical (unpaired) electrons. The number of furan rings is 1. The van der Waals surface area contributed by atoms with Gasteiger partial charge in [0, 0.05) is 0 Å². The van der Waals surface area contributed by atoms with Gasteiger partial charge in [-0.15, -0.1) is 11.3 Å². The first kappa shape index (κ1) is 9.49. The molecule has 2 aromatic rings. The van der Waals surface area contributed by atoms with E-state index in [-0.39, 0.29) is 5.78 Å². The zero-order valence-corrected chi connectivity index (χ0v) is 8.98. The van der Waals surface area contributed by atoms with Crippen molar-refractivity contribution in [3.8, 4) is 0 Å². The Labute approximate surface area is 90.1 Å². The van der Waals surface area contributed by atoms with E-state index >= 15 is 0 Å². The van der Waals surface area contributed by atoms with Crippen LogP contribution in [0.2, 0.25) is 4.34 Å². The maximum Gasteiger partial charge on any atom is 0.206 e. The highest BCUT2D eigenvalue weighted by Gasteiger charge is 2.14. The molecule has 14 heavy (non-hydrogen) atoms. The van der Waals surface area contributed by atoms with E-state index in [4.69, 9.17) is 16.0 Å². The van der Waals surface area contributed by atoms with Gasteiger partial charge in [-0.25, -0.2) is 0 Å². The van der Waals surface area contributed by atoms with E-state index < -0.39 is 0 Å². The van der Waals surface area contributed by atoms with E-state index in [2.05, 4.69) is 0 Å². The molecule has 4 heteroatoms. The molecule has 0 fully saturated rings. The lowest BCUT2D eigenvalue weighted by molar-refractivity contribution is 0.104. The van der Waals surface area contributed by atoms with Gasteiger partial charge >= 0.3 is 0 Å². The summed E-state index contributed by atoms with van der Waals surface area (Å²) in [6.45, 7) is 1.88. The van der Waals surface area contributed by atoms with Gasteiger partial charge in [0.1, 0.15) is 6.26 Å². The van der Waals surface area contributed by atoms with E-state index in [1.165, 1.54) is 23.9 Å². The number of carbonyl (C=O) groups is 1. The predicted molar refractivity (Wildman–Crippen MR) is 56.2 cm³/mol. The van der Waals surface area contributed by atoms with Crippen molar-refractivity contribution in [2.45, 2.75) is 6.92 Å². The van der Waals surface area contributed by atoms with Crippen molar-refractivity contribution in [2.24, 2.45) is 0 Å². The molecule has 0 aliphatic carbocycles. The maximum absolute atomic E-state index is 11.8. The number of hydrogen-bond acceptors (Lipinski definition) is 3. The number of halogens is 1. The van der Waals surface area contributed by atoms with Crippen molar-refractivity contribution in [2.75, 3.05) is 0 Å². The molecule has 0 saturated heterocycles. The van der Waals surface area contributed by atoms with Crippen LogP contribution in [0.15, 0.2) is 29.1 Å². The van der Waals surface area contributed by atoms with Gasteiger partial charge in [0.05, 0.1) is 21.0 Å². The lowest BCUT2D eigenvalue weighted by Crippen LogP contribution is -1.95. The van der Waals surface area contributed by atoms with Gasteiger partial charge in [-0.2, -0.15) is 0 Å². The molecule has 0 unspecified atom stereocenters. The number of rotatable bonds is 2. The smallest absolute Gasteiger partial charge is 0.206 e. The highest BCUT2D eigenvalue weighted by molar-refractivity contribution is 7.18. The fraction of sp³-hybridized carbons (Fsp3) is 0.100. The monoisotopic (exact) mass is 226 g/mol. The van der Waals surface area contributed by atoms with E-state index in [0.29, 0.717) is 14.8 Å². The third-order valence-corrected chi connectivity index (χ3v) is 3.42. The van der Waals surface area contributed by atoms with Gasteiger partial charge in [0.25, 0.3) is 0 Å². The van der Waals surface area contributed by atoms with Crippen LogP contribution >= 0.6 is 22.9 Å². The van der Waals surface area contributed by atoms with Crippen molar-refractivity contribution in [3.05, 3.63) is 45.0 Å². The Morgan fingerprint density at radius 3 is 2.86 bits per heavy atom. The first-order chi connectivity index (χ1) is 6.68. The Kier molecular flexibility index (Phi) is 2.44. The Bertz CT molecular complexity index is 437. The molecule has 0 aromatic carbocycles. The summed E-state index contributed by atoms with van der Waals surface area (Å²) in [5.74, 6) is -0.0428. The molecule has 0 aliphatic rings. The summed E-state index contributed by atoms with van der Waals surface area (Å²) in [5.41, 5.74) is 1.49. The van der Waals surface area contributed by atoms with Gasteiger partial charge in [-0.3, -0.25) is 4.79 Å². The molecule has 0 N–H and O–H groups in total. The second kappa shape index (κ2) is 3.59. The minimum atomic E-state index is -0.0428. The van der Waals surface area contributed by atoms with Gasteiger partial charge in [0.15, 0.2) is 0 Å². The van der Waals surface area contributed by atoms with E-state index in [9.17, 15) is 4.79 Å². The Hall–Kier alpha value is -1.06. The molecule has 2 rings (SSSR count). The van der Waals surface area contributed by atoms with Crippen LogP contribution in [0.4, 0.5) is 0 Å². The van der Waals surface area contributed by atoms with Crippen LogP contribution in [0.5, 0.6) is 0 Å². The lowest BCUT2D eigenvalue weighted by Gasteiger charge is -1.89. The van der Waals surface area contributed by atoms with Gasteiger partial charge in [-0.05, 0) is 24.6 Å². The number of thiophene rings is 1. The quantitative estimate of drug-likeness (QED) is 0.734. The second-order valence-electron chi connectivity index (χ2n) is 2.91. The zero-order valence-electron chi connectivity index (χ0n) is 7.41. The van der Waals surface area contributed by atoms with Crippen LogP contribution < -0.4 is 0 Å². The normalized spacial score (nSPS) is 10.4. The highest BCUT2D eigenvalue weighted by Crippen LogP contribution is 2.28. The van der Waals surface area contributed by atoms with Crippen LogP contribution in [-0.2, 0) is 0 Å². The molecule has 0 bridgehead atoms. The summed E-state index contributed by atoms with van der Waals surface area (Å²) >= 11 is 7.17. The minimum Gasteiger partial charge on any atom is -0.472 e. The average molecular weight is 227 g/mol. The number of ketones is 1. The topological polar surface area (TPSA) is 30.2 Å². The van der Waals surface area contributed by atoms with Gasteiger partial charge in [-0.1, -0.05) is 11.6 Å². The van der Waals surface area contributed by atoms with E-state index in [1.54, 1.807) is 12.1 Å². The SMILES string of the molecule is Cc1cc(C(=O)c2ccoc2)sc1Cl. The van der Waals surface area contributed by atoms with Crippen LogP contribution in [-0.4, -0.2) is 5.78 Å². The Balaban J connectivity index is 2.37. The lowest BCUT2D eigenvalue weighted by atomic mass is 10.2. The minimum absolute atomic E-state index is 0.0428. The molecular formula is C10H7ClO2S. The zero-order chi connectivity index (χ0) is 10.1. The molecular weight excluding hydrogens is 220 g/mol. The first-order valence-corrected chi connectivity index (χ1v) is 5.21. The molecule has 0 atom stereocenters. The molecule has 72 valence electrons. The maximum atomic E-state index is 11.8. The molecule has 0 saturated carbocycles. The molecule has 0 amide bonds. The van der Waals surface area contributed by atoms with Crippen molar-refractivity contribution < 1.29 is 9.21 Å². The Morgan fingerprint density at radius 1 is 1.57 bits per heavy atom. The summed E-state index contributed by atoms with van der Waals surface area (Å²) < 4.78 is 5.51. The fourth-order valence-corrected chi connectivity index (χ4v) is 2.27. The number of aryl methyl sites for hydroxylation is 1. The van der Waals surface area contributed by atoms with Crippen LogP contribution in [0.25, 0.3) is 0 Å². The molecule has 0 aliphatic heterocycles. The van der Waals surface area contributed by atoms with Crippen LogP contribution in [0.3, 0.4) is 0 Å². The summed E-state index contributed by atoms with van der Waals surface area (Å²) in [6, 6.07) is 3.44. The molecule has 2 nitrogen and oxygen atoms in total. The van der Waals surface area contributed by atoms with Crippen molar-refractivity contribution in [3.63, 3.8) is 0 Å². The van der Waals surface area contributed by atoms with Gasteiger partial charge < -0.3 is 4.42 Å². The first-order valence-electron chi connectivity index (χ1n) is 4.01. The van der Waals surface area contributed by atoms with Gasteiger partial charge in [0.2, 0.25) is 5.78 Å². The predicted octanol–water partition coefficient (Wildman–Crippen LogP) is 3.53. The Morgan fingerprint density at radius 2 is 2.36 bits per heavy atom. The molecule has 2 aromatic heterocycles. The molecule has 2 heterocycles. The molecule has 0 spiro atoms. The number of carbonyl (C=O) groups excluding carboxylic acids is 1. The van der Waals surface area contributed by atoms with Crippen LogP contribution in [0, 0.1) is 6.92 Å².